The van der Waals surface area contributed by atoms with Crippen LogP contribution in [0.25, 0.3) is 0 Å². The third-order valence-electron chi connectivity index (χ3n) is 2.20. The summed E-state index contributed by atoms with van der Waals surface area (Å²) in [4.78, 5) is 0. The molecule has 0 heterocycles. The molecular weight excluding hydrogens is 342 g/mol. The summed E-state index contributed by atoms with van der Waals surface area (Å²) >= 11 is 1.30. The number of rotatable bonds is 0. The van der Waals surface area contributed by atoms with Crippen LogP contribution in [0.3, 0.4) is 0 Å². The summed E-state index contributed by atoms with van der Waals surface area (Å²) in [5, 5.41) is 0. The Morgan fingerprint density at radius 2 is 1.78 bits per heavy atom. The van der Waals surface area contributed by atoms with Crippen molar-refractivity contribution >= 4 is 4.21 Å². The van der Waals surface area contributed by atoms with Gasteiger partial charge in [0.1, 0.15) is 0 Å². The van der Waals surface area contributed by atoms with Gasteiger partial charge in [0.05, 0.1) is 0 Å². The predicted octanol–water partition coefficient (Wildman–Crippen LogP) is -2.00. The molecule has 2 rings (SSSR count). The number of hydrogen-bond donors (Lipinski definition) is 0. The van der Waals surface area contributed by atoms with Crippen LogP contribution in [0, 0.1) is 18.1 Å². The SMILES string of the molecule is CC1=CC(C)[C-]=C1.CC1=[C-]CC(C)=C1.[CH2]=[Zr+2].[Cl-].[Cl-]. The zero-order valence-corrected chi connectivity index (χ0v) is 15.4. The van der Waals surface area contributed by atoms with Crippen molar-refractivity contribution in [2.45, 2.75) is 34.1 Å². The molecule has 0 aromatic heterocycles. The van der Waals surface area contributed by atoms with E-state index in [1.165, 1.54) is 41.0 Å². The monoisotopic (exact) mass is 360 g/mol. The molecule has 0 aromatic rings. The number of allylic oxidation sites excluding steroid dienone is 8. The van der Waals surface area contributed by atoms with Crippen LogP contribution in [0.5, 0.6) is 0 Å². The van der Waals surface area contributed by atoms with E-state index in [4.69, 9.17) is 0 Å². The Kier molecular flexibility index (Phi) is 17.8. The van der Waals surface area contributed by atoms with Gasteiger partial charge in [0, 0.05) is 0 Å². The fourth-order valence-corrected chi connectivity index (χ4v) is 1.50. The van der Waals surface area contributed by atoms with E-state index in [9.17, 15) is 0 Å². The molecule has 0 aliphatic heterocycles. The maximum Gasteiger partial charge on any atom is -1.00 e. The smallest absolute Gasteiger partial charge is 1.00 e. The van der Waals surface area contributed by atoms with Gasteiger partial charge in [-0.25, -0.2) is 23.3 Å². The zero-order valence-electron chi connectivity index (χ0n) is 11.5. The molecule has 1 unspecified atom stereocenters. The third-order valence-corrected chi connectivity index (χ3v) is 2.20. The molecule has 100 valence electrons. The first-order valence-electron chi connectivity index (χ1n) is 5.45. The Labute approximate surface area is 139 Å². The average molecular weight is 362 g/mol. The molecule has 0 aromatic carbocycles. The Morgan fingerprint density at radius 3 is 1.89 bits per heavy atom. The molecule has 0 spiro atoms. The van der Waals surface area contributed by atoms with Crippen molar-refractivity contribution in [3.8, 4) is 0 Å². The Hall–Kier alpha value is 0.293. The first-order chi connectivity index (χ1) is 7.58. The topological polar surface area (TPSA) is 0 Å². The minimum Gasteiger partial charge on any atom is -1.00 e. The predicted molar refractivity (Wildman–Crippen MR) is 68.7 cm³/mol. The molecule has 2 aliphatic rings. The molecule has 0 N–H and O–H groups in total. The van der Waals surface area contributed by atoms with E-state index in [1.807, 2.05) is 6.08 Å². The van der Waals surface area contributed by atoms with Crippen LogP contribution < -0.4 is 24.8 Å². The Morgan fingerprint density at radius 1 is 1.22 bits per heavy atom. The van der Waals surface area contributed by atoms with Crippen LogP contribution in [-0.2, 0) is 24.2 Å². The fraction of sp³-hybridized carbons (Fsp3) is 0.400. The van der Waals surface area contributed by atoms with Gasteiger partial charge in [-0.05, 0) is 0 Å². The minimum atomic E-state index is 0. The van der Waals surface area contributed by atoms with E-state index in [2.05, 4.69) is 56.2 Å². The summed E-state index contributed by atoms with van der Waals surface area (Å²) in [5.74, 6) is 0.556. The largest absolute Gasteiger partial charge is 1.00 e. The van der Waals surface area contributed by atoms with Crippen molar-refractivity contribution in [3.63, 3.8) is 0 Å². The van der Waals surface area contributed by atoms with E-state index < -0.39 is 0 Å². The fourth-order valence-electron chi connectivity index (χ4n) is 1.50. The summed E-state index contributed by atoms with van der Waals surface area (Å²) in [5.41, 5.74) is 4.06. The molecule has 0 saturated heterocycles. The normalized spacial score (nSPS) is 18.8. The molecule has 0 bridgehead atoms. The zero-order chi connectivity index (χ0) is 12.6. The van der Waals surface area contributed by atoms with E-state index in [-0.39, 0.29) is 24.8 Å². The molecule has 0 fully saturated rings. The van der Waals surface area contributed by atoms with Gasteiger partial charge in [-0.2, -0.15) is 11.6 Å². The van der Waals surface area contributed by atoms with Gasteiger partial charge < -0.3 is 24.8 Å². The third kappa shape index (κ3) is 11.4. The minimum absolute atomic E-state index is 0. The molecule has 18 heavy (non-hydrogen) atoms. The Balaban J connectivity index is -0.000000200. The van der Waals surface area contributed by atoms with Crippen molar-refractivity contribution in [1.82, 2.24) is 0 Å². The van der Waals surface area contributed by atoms with Crippen LogP contribution in [-0.4, -0.2) is 4.21 Å². The van der Waals surface area contributed by atoms with E-state index >= 15 is 0 Å². The van der Waals surface area contributed by atoms with Gasteiger partial charge in [-0.3, -0.25) is 12.2 Å². The van der Waals surface area contributed by atoms with E-state index in [1.54, 1.807) is 0 Å². The van der Waals surface area contributed by atoms with Crippen LogP contribution in [0.4, 0.5) is 0 Å². The van der Waals surface area contributed by atoms with E-state index in [0.717, 1.165) is 6.42 Å². The van der Waals surface area contributed by atoms with Gasteiger partial charge in [-0.15, -0.1) is 13.3 Å². The second-order valence-electron chi connectivity index (χ2n) is 4.04. The van der Waals surface area contributed by atoms with Crippen LogP contribution >= 0.6 is 0 Å². The van der Waals surface area contributed by atoms with Crippen molar-refractivity contribution in [2.24, 2.45) is 5.92 Å². The summed E-state index contributed by atoms with van der Waals surface area (Å²) in [6.45, 7) is 8.43. The quantitative estimate of drug-likeness (QED) is 0.438. The molecule has 2 aliphatic carbocycles. The van der Waals surface area contributed by atoms with Crippen molar-refractivity contribution in [3.05, 3.63) is 47.1 Å². The molecular formula is C15H20Cl2Zr-2. The first kappa shape index (κ1) is 23.4. The van der Waals surface area contributed by atoms with Crippen LogP contribution in [0.2, 0.25) is 0 Å². The molecule has 0 nitrogen and oxygen atoms in total. The molecule has 0 saturated carbocycles. The van der Waals surface area contributed by atoms with E-state index in [0.29, 0.717) is 5.92 Å². The van der Waals surface area contributed by atoms with Crippen LogP contribution in [0.15, 0.2) is 34.9 Å². The number of hydrogen-bond acceptors (Lipinski definition) is 0. The maximum atomic E-state index is 3.34. The van der Waals surface area contributed by atoms with Gasteiger partial charge in [-0.1, -0.05) is 26.7 Å². The summed E-state index contributed by atoms with van der Waals surface area (Å²) in [7, 11) is 0. The summed E-state index contributed by atoms with van der Waals surface area (Å²) in [6, 6.07) is 0. The number of halogens is 2. The maximum absolute atomic E-state index is 3.34. The van der Waals surface area contributed by atoms with Gasteiger partial charge >= 0.3 is 28.4 Å². The van der Waals surface area contributed by atoms with Gasteiger partial charge in [0.15, 0.2) is 0 Å². The summed E-state index contributed by atoms with van der Waals surface area (Å²) < 4.78 is 3.34. The average Bonchev–Trinajstić information content (AvgIpc) is 2.80. The second-order valence-corrected chi connectivity index (χ2v) is 4.04. The van der Waals surface area contributed by atoms with Gasteiger partial charge in [0.2, 0.25) is 0 Å². The molecule has 1 atom stereocenters. The molecule has 0 amide bonds. The van der Waals surface area contributed by atoms with Gasteiger partial charge in [0.25, 0.3) is 0 Å². The standard InChI is InChI=1S/2C7H9.CH2.2ClH.Zr/c2*1-6-3-4-7(2)5-6;;;;/h5H,3H2,1-2H3;3,5,7H,1-2H3;1H2;2*1H;/q2*-1;;;;+2/p-2. The first-order valence-corrected chi connectivity index (χ1v) is 7.19. The molecule has 0 radical (unpaired) electrons. The summed E-state index contributed by atoms with van der Waals surface area (Å²) in [6.07, 6.45) is 13.8. The van der Waals surface area contributed by atoms with Crippen molar-refractivity contribution in [1.29, 1.82) is 0 Å². The molecule has 3 heteroatoms. The van der Waals surface area contributed by atoms with Crippen LogP contribution in [0.1, 0.15) is 34.1 Å². The Bertz CT molecular complexity index is 338. The van der Waals surface area contributed by atoms with Crippen molar-refractivity contribution < 1.29 is 49.0 Å². The second kappa shape index (κ2) is 13.7. The van der Waals surface area contributed by atoms with Crippen molar-refractivity contribution in [2.75, 3.05) is 0 Å².